The fraction of sp³-hybridized carbons (Fsp3) is 0.0435. The van der Waals surface area contributed by atoms with E-state index in [2.05, 4.69) is 0 Å². The third kappa shape index (κ3) is 4.04. The van der Waals surface area contributed by atoms with E-state index in [0.717, 1.165) is 12.1 Å². The molecule has 0 aliphatic carbocycles. The highest BCUT2D eigenvalue weighted by Crippen LogP contribution is 2.37. The Kier molecular flexibility index (Phi) is 5.04. The quantitative estimate of drug-likeness (QED) is 0.197. The second kappa shape index (κ2) is 7.83. The number of esters is 1. The number of allylic oxidation sites excluding steroid dienone is 1. The van der Waals surface area contributed by atoms with Gasteiger partial charge in [0.2, 0.25) is 5.78 Å². The lowest BCUT2D eigenvalue weighted by atomic mass is 10.0. The van der Waals surface area contributed by atoms with Crippen LogP contribution in [-0.2, 0) is 0 Å². The number of hydrogen-bond acceptors (Lipinski definition) is 6. The van der Waals surface area contributed by atoms with Crippen LogP contribution >= 0.6 is 0 Å². The number of Topliss-reactive ketones (excluding diaryl/α,β-unsaturated/α-hetero) is 1. The van der Waals surface area contributed by atoms with Gasteiger partial charge in [-0.25, -0.2) is 9.18 Å². The van der Waals surface area contributed by atoms with E-state index >= 15 is 0 Å². The number of nitro groups is 1. The van der Waals surface area contributed by atoms with Gasteiger partial charge in [-0.3, -0.25) is 14.9 Å². The average molecular weight is 419 g/mol. The molecule has 31 heavy (non-hydrogen) atoms. The lowest BCUT2D eigenvalue weighted by Gasteiger charge is -2.07. The van der Waals surface area contributed by atoms with E-state index in [-0.39, 0.29) is 34.3 Å². The average Bonchev–Trinajstić information content (AvgIpc) is 3.04. The summed E-state index contributed by atoms with van der Waals surface area (Å²) < 4.78 is 24.0. The van der Waals surface area contributed by atoms with Crippen LogP contribution in [0.5, 0.6) is 11.5 Å². The molecule has 0 spiro atoms. The number of hydrogen-bond donors (Lipinski definition) is 0. The number of non-ortho nitro benzene ring substituents is 1. The van der Waals surface area contributed by atoms with Crippen LogP contribution in [0.3, 0.4) is 0 Å². The van der Waals surface area contributed by atoms with Crippen molar-refractivity contribution in [1.29, 1.82) is 0 Å². The third-order valence-electron chi connectivity index (χ3n) is 4.64. The van der Waals surface area contributed by atoms with E-state index in [1.54, 1.807) is 6.92 Å². The number of carbonyl (C=O) groups is 2. The van der Waals surface area contributed by atoms with E-state index in [0.29, 0.717) is 16.7 Å². The van der Waals surface area contributed by atoms with Gasteiger partial charge >= 0.3 is 5.97 Å². The van der Waals surface area contributed by atoms with Crippen LogP contribution in [0.25, 0.3) is 6.08 Å². The number of ether oxygens (including phenoxy) is 2. The summed E-state index contributed by atoms with van der Waals surface area (Å²) >= 11 is 0. The Morgan fingerprint density at radius 3 is 2.42 bits per heavy atom. The van der Waals surface area contributed by atoms with E-state index in [4.69, 9.17) is 9.47 Å². The van der Waals surface area contributed by atoms with Crippen LogP contribution < -0.4 is 9.47 Å². The predicted octanol–water partition coefficient (Wildman–Crippen LogP) is 4.88. The molecule has 154 valence electrons. The van der Waals surface area contributed by atoms with Gasteiger partial charge in [0.15, 0.2) is 5.76 Å². The minimum Gasteiger partial charge on any atom is -0.452 e. The van der Waals surface area contributed by atoms with Crippen molar-refractivity contribution in [3.8, 4) is 11.5 Å². The monoisotopic (exact) mass is 419 g/mol. The number of carbonyl (C=O) groups excluding carboxylic acids is 2. The van der Waals surface area contributed by atoms with Crippen LogP contribution in [0.15, 0.2) is 66.4 Å². The molecular weight excluding hydrogens is 405 g/mol. The zero-order valence-corrected chi connectivity index (χ0v) is 16.1. The second-order valence-electron chi connectivity index (χ2n) is 6.80. The highest BCUT2D eigenvalue weighted by Gasteiger charge is 2.30. The predicted molar refractivity (Wildman–Crippen MR) is 109 cm³/mol. The molecule has 8 heteroatoms. The fourth-order valence-electron chi connectivity index (χ4n) is 3.13. The van der Waals surface area contributed by atoms with E-state index < -0.39 is 16.7 Å². The highest BCUT2D eigenvalue weighted by atomic mass is 19.1. The maximum atomic E-state index is 13.0. The first-order valence-electron chi connectivity index (χ1n) is 9.13. The van der Waals surface area contributed by atoms with Crippen LogP contribution in [0.4, 0.5) is 10.1 Å². The summed E-state index contributed by atoms with van der Waals surface area (Å²) in [5.74, 6) is -1.03. The molecule has 0 bridgehead atoms. The Hall–Kier alpha value is -4.33. The third-order valence-corrected chi connectivity index (χ3v) is 4.64. The Bertz CT molecular complexity index is 1250. The van der Waals surface area contributed by atoms with Gasteiger partial charge in [0.25, 0.3) is 5.69 Å². The van der Waals surface area contributed by atoms with Crippen molar-refractivity contribution < 1.29 is 28.4 Å². The molecule has 0 unspecified atom stereocenters. The fourth-order valence-corrected chi connectivity index (χ4v) is 3.13. The maximum Gasteiger partial charge on any atom is 0.343 e. The molecule has 1 aliphatic heterocycles. The zero-order valence-electron chi connectivity index (χ0n) is 16.1. The minimum atomic E-state index is -0.676. The Labute approximate surface area is 175 Å². The summed E-state index contributed by atoms with van der Waals surface area (Å²) in [6.07, 6.45) is 1.48. The summed E-state index contributed by atoms with van der Waals surface area (Å²) in [6, 6.07) is 13.6. The van der Waals surface area contributed by atoms with Gasteiger partial charge in [-0.05, 0) is 66.6 Å². The molecule has 1 heterocycles. The molecule has 1 aliphatic rings. The molecule has 0 saturated heterocycles. The SMILES string of the molecule is Cc1cc(OC(=O)c2ccc(F)cc2)cc2c1C(=O)/C(=C/c1ccc([N+](=O)[O-])cc1)O2. The number of halogens is 1. The molecule has 0 amide bonds. The van der Waals surface area contributed by atoms with Crippen LogP contribution in [0.1, 0.15) is 31.8 Å². The minimum absolute atomic E-state index is 0.0500. The summed E-state index contributed by atoms with van der Waals surface area (Å²) in [4.78, 5) is 35.3. The van der Waals surface area contributed by atoms with Gasteiger partial charge < -0.3 is 9.47 Å². The van der Waals surface area contributed by atoms with Crippen LogP contribution in [0.2, 0.25) is 0 Å². The van der Waals surface area contributed by atoms with Gasteiger partial charge in [0, 0.05) is 18.2 Å². The summed E-state index contributed by atoms with van der Waals surface area (Å²) in [5, 5.41) is 10.8. The molecular formula is C23H14FNO6. The van der Waals surface area contributed by atoms with Crippen LogP contribution in [0, 0.1) is 22.9 Å². The van der Waals surface area contributed by atoms with Crippen molar-refractivity contribution in [3.63, 3.8) is 0 Å². The Morgan fingerprint density at radius 2 is 1.77 bits per heavy atom. The van der Waals surface area contributed by atoms with Gasteiger partial charge in [-0.1, -0.05) is 0 Å². The standard InChI is InChI=1S/C23H14FNO6/c1-13-10-18(30-23(27)15-4-6-16(24)7-5-15)12-19-21(13)22(26)20(31-19)11-14-2-8-17(9-3-14)25(28)29/h2-12H,1H3/b20-11-. The Morgan fingerprint density at radius 1 is 1.10 bits per heavy atom. The molecule has 0 fully saturated rings. The maximum absolute atomic E-state index is 13.0. The van der Waals surface area contributed by atoms with E-state index in [1.807, 2.05) is 0 Å². The number of ketones is 1. The zero-order chi connectivity index (χ0) is 22.1. The van der Waals surface area contributed by atoms with Crippen molar-refractivity contribution in [2.45, 2.75) is 6.92 Å². The van der Waals surface area contributed by atoms with Crippen molar-refractivity contribution in [2.75, 3.05) is 0 Å². The molecule has 7 nitrogen and oxygen atoms in total. The number of rotatable bonds is 4. The van der Waals surface area contributed by atoms with Crippen molar-refractivity contribution in [3.05, 3.63) is 105 Å². The summed E-state index contributed by atoms with van der Waals surface area (Å²) in [6.45, 7) is 1.68. The molecule has 0 aromatic heterocycles. The second-order valence-corrected chi connectivity index (χ2v) is 6.80. The smallest absolute Gasteiger partial charge is 0.343 e. The first-order chi connectivity index (χ1) is 14.8. The number of fused-ring (bicyclic) bond motifs is 1. The number of nitrogens with zero attached hydrogens (tertiary/aromatic N) is 1. The molecule has 0 atom stereocenters. The highest BCUT2D eigenvalue weighted by molar-refractivity contribution is 6.15. The van der Waals surface area contributed by atoms with Gasteiger partial charge in [0.1, 0.15) is 17.3 Å². The van der Waals surface area contributed by atoms with E-state index in [9.17, 15) is 24.1 Å². The summed E-state index contributed by atoms with van der Waals surface area (Å²) in [7, 11) is 0. The largest absolute Gasteiger partial charge is 0.452 e. The van der Waals surface area contributed by atoms with Gasteiger partial charge in [-0.2, -0.15) is 0 Å². The molecule has 0 saturated carbocycles. The molecule has 3 aromatic rings. The number of benzene rings is 3. The van der Waals surface area contributed by atoms with Gasteiger partial charge in [0.05, 0.1) is 16.1 Å². The number of aryl methyl sites for hydroxylation is 1. The lowest BCUT2D eigenvalue weighted by molar-refractivity contribution is -0.384. The molecule has 0 N–H and O–H groups in total. The van der Waals surface area contributed by atoms with Crippen molar-refractivity contribution >= 4 is 23.5 Å². The Balaban J connectivity index is 1.58. The van der Waals surface area contributed by atoms with Crippen LogP contribution in [-0.4, -0.2) is 16.7 Å². The first kappa shape index (κ1) is 20.0. The first-order valence-corrected chi connectivity index (χ1v) is 9.13. The number of nitro benzene ring substituents is 1. The summed E-state index contributed by atoms with van der Waals surface area (Å²) in [5.41, 5.74) is 1.57. The normalized spacial score (nSPS) is 13.6. The topological polar surface area (TPSA) is 95.7 Å². The van der Waals surface area contributed by atoms with E-state index in [1.165, 1.54) is 54.6 Å². The molecule has 4 rings (SSSR count). The van der Waals surface area contributed by atoms with Crippen molar-refractivity contribution in [2.24, 2.45) is 0 Å². The van der Waals surface area contributed by atoms with Crippen molar-refractivity contribution in [1.82, 2.24) is 0 Å². The molecule has 0 radical (unpaired) electrons. The van der Waals surface area contributed by atoms with Gasteiger partial charge in [-0.15, -0.1) is 0 Å². The lowest BCUT2D eigenvalue weighted by Crippen LogP contribution is -2.08. The molecule has 3 aromatic carbocycles.